The highest BCUT2D eigenvalue weighted by atomic mass is 32.2. The van der Waals surface area contributed by atoms with E-state index in [1.807, 2.05) is 30.3 Å². The number of unbranched alkanes of at least 4 members (excludes halogenated alkanes) is 2. The number of allylic oxidation sites excluding steroid dienone is 4. The van der Waals surface area contributed by atoms with Crippen molar-refractivity contribution in [3.8, 4) is 11.5 Å². The van der Waals surface area contributed by atoms with E-state index in [0.29, 0.717) is 16.9 Å². The van der Waals surface area contributed by atoms with Crippen LogP contribution in [-0.2, 0) is 24.1 Å². The fraction of sp³-hybridized carbons (Fsp3) is 0.414. The summed E-state index contributed by atoms with van der Waals surface area (Å²) in [6, 6.07) is 11.3. The van der Waals surface area contributed by atoms with Crippen LogP contribution in [0.4, 0.5) is 0 Å². The molecule has 0 spiro atoms. The normalized spacial score (nSPS) is 11.4. The Balaban J connectivity index is 2.19. The van der Waals surface area contributed by atoms with Crippen molar-refractivity contribution >= 4 is 17.9 Å². The number of rotatable bonds is 13. The molecule has 0 radical (unpaired) electrons. The summed E-state index contributed by atoms with van der Waals surface area (Å²) in [7, 11) is 0. The van der Waals surface area contributed by atoms with Crippen LogP contribution in [0.3, 0.4) is 0 Å². The largest absolute Gasteiger partial charge is 0.508 e. The number of aryl methyl sites for hydroxylation is 1. The Morgan fingerprint density at radius 1 is 1.06 bits per heavy atom. The van der Waals surface area contributed by atoms with Gasteiger partial charge in [0, 0.05) is 5.56 Å². The maximum Gasteiger partial charge on any atom is 0.234 e. The van der Waals surface area contributed by atoms with E-state index in [9.17, 15) is 15.0 Å². The number of hydrogen-bond donors (Lipinski definition) is 3. The molecule has 0 unspecified atom stereocenters. The zero-order chi connectivity index (χ0) is 24.9. The van der Waals surface area contributed by atoms with Crippen LogP contribution >= 0.6 is 11.9 Å². The fourth-order valence-corrected chi connectivity index (χ4v) is 4.49. The number of benzene rings is 2. The highest BCUT2D eigenvalue weighted by molar-refractivity contribution is 7.98. The van der Waals surface area contributed by atoms with Crippen LogP contribution in [-0.4, -0.2) is 16.1 Å². The van der Waals surface area contributed by atoms with E-state index >= 15 is 0 Å². The van der Waals surface area contributed by atoms with Crippen molar-refractivity contribution in [3.63, 3.8) is 0 Å². The van der Waals surface area contributed by atoms with Gasteiger partial charge in [0.15, 0.2) is 0 Å². The van der Waals surface area contributed by atoms with Crippen LogP contribution in [0.15, 0.2) is 64.6 Å². The maximum atomic E-state index is 12.5. The van der Waals surface area contributed by atoms with E-state index in [4.69, 9.17) is 0 Å². The average molecular weight is 482 g/mol. The Bertz CT molecular complexity index is 992. The first kappa shape index (κ1) is 27.6. The first-order valence-electron chi connectivity index (χ1n) is 12.2. The Morgan fingerprint density at radius 3 is 2.47 bits per heavy atom. The summed E-state index contributed by atoms with van der Waals surface area (Å²) >= 11 is 1.14. The van der Waals surface area contributed by atoms with Gasteiger partial charge in [-0.05, 0) is 82.0 Å². The summed E-state index contributed by atoms with van der Waals surface area (Å²) in [6.07, 6.45) is 10.8. The molecule has 2 aromatic carbocycles. The Kier molecular flexibility index (Phi) is 11.8. The third-order valence-electron chi connectivity index (χ3n) is 5.68. The van der Waals surface area contributed by atoms with Crippen LogP contribution in [0.5, 0.6) is 11.5 Å². The molecule has 184 valence electrons. The number of hydrogen-bond acceptors (Lipinski definition) is 4. The Labute approximate surface area is 209 Å². The van der Waals surface area contributed by atoms with Gasteiger partial charge < -0.3 is 10.2 Å². The number of phenols is 2. The van der Waals surface area contributed by atoms with Crippen molar-refractivity contribution in [2.24, 2.45) is 0 Å². The Hall–Kier alpha value is -2.66. The summed E-state index contributed by atoms with van der Waals surface area (Å²) in [4.78, 5) is 13.1. The summed E-state index contributed by atoms with van der Waals surface area (Å²) < 4.78 is 2.88. The second kappa shape index (κ2) is 14.6. The van der Waals surface area contributed by atoms with E-state index < -0.39 is 0 Å². The molecule has 0 saturated carbocycles. The highest BCUT2D eigenvalue weighted by Gasteiger charge is 2.18. The second-order valence-electron chi connectivity index (χ2n) is 9.03. The molecule has 0 aromatic heterocycles. The first-order chi connectivity index (χ1) is 16.3. The molecule has 0 saturated heterocycles. The molecule has 0 aliphatic rings. The molecule has 34 heavy (non-hydrogen) atoms. The van der Waals surface area contributed by atoms with Crippen LogP contribution in [0.2, 0.25) is 0 Å². The quantitative estimate of drug-likeness (QED) is 0.158. The molecule has 4 nitrogen and oxygen atoms in total. The van der Waals surface area contributed by atoms with E-state index in [-0.39, 0.29) is 23.8 Å². The zero-order valence-corrected chi connectivity index (χ0v) is 21.8. The van der Waals surface area contributed by atoms with Gasteiger partial charge in [0.25, 0.3) is 0 Å². The molecule has 0 bridgehead atoms. The number of aromatic hydroxyl groups is 2. The van der Waals surface area contributed by atoms with Gasteiger partial charge in [-0.3, -0.25) is 9.52 Å². The lowest BCUT2D eigenvalue weighted by molar-refractivity contribution is -0.118. The van der Waals surface area contributed by atoms with Gasteiger partial charge >= 0.3 is 0 Å². The summed E-state index contributed by atoms with van der Waals surface area (Å²) in [5.74, 6) is 0.0434. The lowest BCUT2D eigenvalue weighted by Gasteiger charge is -2.16. The molecule has 2 aromatic rings. The molecular weight excluding hydrogens is 442 g/mol. The van der Waals surface area contributed by atoms with Crippen molar-refractivity contribution in [2.45, 2.75) is 84.0 Å². The van der Waals surface area contributed by atoms with E-state index in [2.05, 4.69) is 44.6 Å². The molecule has 0 heterocycles. The zero-order valence-electron chi connectivity index (χ0n) is 21.0. The third kappa shape index (κ3) is 9.30. The van der Waals surface area contributed by atoms with Gasteiger partial charge in [-0.1, -0.05) is 73.4 Å². The van der Waals surface area contributed by atoms with Gasteiger partial charge in [-0.25, -0.2) is 0 Å². The van der Waals surface area contributed by atoms with E-state index in [1.54, 1.807) is 6.07 Å². The number of carbonyl (C=O) groups is 1. The predicted molar refractivity (Wildman–Crippen MR) is 143 cm³/mol. The minimum Gasteiger partial charge on any atom is -0.508 e. The van der Waals surface area contributed by atoms with Gasteiger partial charge in [-0.2, -0.15) is 0 Å². The smallest absolute Gasteiger partial charge is 0.234 e. The lowest BCUT2D eigenvalue weighted by Crippen LogP contribution is -2.18. The van der Waals surface area contributed by atoms with Crippen molar-refractivity contribution in [2.75, 3.05) is 0 Å². The predicted octanol–water partition coefficient (Wildman–Crippen LogP) is 7.43. The number of nitrogens with one attached hydrogen (secondary N) is 1. The summed E-state index contributed by atoms with van der Waals surface area (Å²) in [5, 5.41) is 21.8. The molecule has 0 aliphatic carbocycles. The van der Waals surface area contributed by atoms with E-state index in [1.165, 1.54) is 11.1 Å². The summed E-state index contributed by atoms with van der Waals surface area (Å²) in [5.41, 5.74) is 4.82. The molecule has 3 N–H and O–H groups in total. The molecule has 0 atom stereocenters. The number of amides is 1. The van der Waals surface area contributed by atoms with Crippen LogP contribution in [0.25, 0.3) is 0 Å². The lowest BCUT2D eigenvalue weighted by atomic mass is 10.00. The molecular formula is C29H39NO3S. The van der Waals surface area contributed by atoms with Gasteiger partial charge in [-0.15, -0.1) is 0 Å². The van der Waals surface area contributed by atoms with Crippen molar-refractivity contribution in [1.82, 2.24) is 4.72 Å². The molecule has 0 aliphatic heterocycles. The number of phenolic OH excluding ortho intramolecular Hbond substituents is 2. The SMILES string of the molecule is CCCCCc1cc(O)c(C/C=C(\C)CCC=C(C)C)c(O)c1SNC(=O)Cc1ccccc1. The van der Waals surface area contributed by atoms with Crippen LogP contribution in [0.1, 0.15) is 76.5 Å². The van der Waals surface area contributed by atoms with E-state index in [0.717, 1.165) is 61.6 Å². The first-order valence-corrected chi connectivity index (χ1v) is 13.0. The fourth-order valence-electron chi connectivity index (χ4n) is 3.69. The molecule has 1 amide bonds. The third-order valence-corrected chi connectivity index (χ3v) is 6.67. The minimum absolute atomic E-state index is 0.0601. The van der Waals surface area contributed by atoms with Crippen molar-refractivity contribution < 1.29 is 15.0 Å². The highest BCUT2D eigenvalue weighted by Crippen LogP contribution is 2.40. The monoisotopic (exact) mass is 481 g/mol. The number of carbonyl (C=O) groups excluding carboxylic acids is 1. The maximum absolute atomic E-state index is 12.5. The van der Waals surface area contributed by atoms with Gasteiger partial charge in [0.2, 0.25) is 5.91 Å². The molecule has 0 fully saturated rings. The second-order valence-corrected chi connectivity index (χ2v) is 9.85. The topological polar surface area (TPSA) is 69.6 Å². The average Bonchev–Trinajstić information content (AvgIpc) is 2.79. The van der Waals surface area contributed by atoms with Crippen LogP contribution < -0.4 is 4.72 Å². The minimum atomic E-state index is -0.125. The standard InChI is InChI=1S/C29H39NO3S/c1-5-6-8-16-24-20-26(31)25(18-17-22(4)13-11-12-21(2)3)28(33)29(24)34-30-27(32)19-23-14-9-7-10-15-23/h7,9-10,12,14-15,17,20,31,33H,5-6,8,11,13,16,18-19H2,1-4H3,(H,30,32)/b22-17+. The van der Waals surface area contributed by atoms with Gasteiger partial charge in [0.05, 0.1) is 11.3 Å². The van der Waals surface area contributed by atoms with Gasteiger partial charge in [0.1, 0.15) is 11.5 Å². The van der Waals surface area contributed by atoms with Crippen molar-refractivity contribution in [3.05, 3.63) is 76.4 Å². The molecule has 2 rings (SSSR count). The summed E-state index contributed by atoms with van der Waals surface area (Å²) in [6.45, 7) is 8.40. The Morgan fingerprint density at radius 2 is 1.79 bits per heavy atom. The van der Waals surface area contributed by atoms with Crippen molar-refractivity contribution in [1.29, 1.82) is 0 Å². The van der Waals surface area contributed by atoms with Crippen LogP contribution in [0, 0.1) is 0 Å². The molecule has 5 heteroatoms.